The number of carbonyl (C=O) groups is 1. The topological polar surface area (TPSA) is 84.3 Å². The fourth-order valence-electron chi connectivity index (χ4n) is 3.04. The summed E-state index contributed by atoms with van der Waals surface area (Å²) in [5.41, 5.74) is 1.21. The second-order valence-electron chi connectivity index (χ2n) is 6.61. The lowest BCUT2D eigenvalue weighted by Crippen LogP contribution is -2.43. The van der Waals surface area contributed by atoms with E-state index in [0.29, 0.717) is 42.2 Å². The molecule has 2 heterocycles. The second-order valence-corrected chi connectivity index (χ2v) is 9.00. The zero-order valence-electron chi connectivity index (χ0n) is 14.7. The van der Waals surface area contributed by atoms with Gasteiger partial charge in [0.25, 0.3) is 0 Å². The fourth-order valence-corrected chi connectivity index (χ4v) is 4.18. The summed E-state index contributed by atoms with van der Waals surface area (Å²) in [4.78, 5) is 12.5. The van der Waals surface area contributed by atoms with E-state index in [9.17, 15) is 17.6 Å². The number of anilines is 1. The molecule has 3 rings (SSSR count). The third kappa shape index (κ3) is 5.06. The first kappa shape index (κ1) is 19.8. The van der Waals surface area contributed by atoms with E-state index in [1.807, 2.05) is 0 Å². The van der Waals surface area contributed by atoms with Crippen LogP contribution in [0.4, 0.5) is 10.1 Å². The van der Waals surface area contributed by atoms with Gasteiger partial charge in [0, 0.05) is 24.3 Å². The number of rotatable bonds is 5. The third-order valence-corrected chi connectivity index (χ3v) is 6.09. The Hall–Kier alpha value is -1.97. The standard InChI is InChI=1S/C17H20ClFN4O3S/c1-27(25,26)23-6-2-3-13(10-23)17(24)21-15-8-20-22(11-15)9-12-4-5-14(19)7-16(12)18/h4-5,7-8,11,13H,2-3,6,9-10H2,1H3,(H,21,24)/t13-/m0/s1. The summed E-state index contributed by atoms with van der Waals surface area (Å²) < 4.78 is 39.4. The van der Waals surface area contributed by atoms with Crippen LogP contribution in [-0.4, -0.2) is 47.8 Å². The molecule has 146 valence electrons. The van der Waals surface area contributed by atoms with Gasteiger partial charge in [0.2, 0.25) is 15.9 Å². The van der Waals surface area contributed by atoms with Gasteiger partial charge in [-0.15, -0.1) is 0 Å². The molecule has 0 radical (unpaired) electrons. The zero-order valence-corrected chi connectivity index (χ0v) is 16.3. The van der Waals surface area contributed by atoms with Gasteiger partial charge in [-0.2, -0.15) is 5.10 Å². The van der Waals surface area contributed by atoms with Crippen LogP contribution in [0.2, 0.25) is 5.02 Å². The van der Waals surface area contributed by atoms with Gasteiger partial charge >= 0.3 is 0 Å². The smallest absolute Gasteiger partial charge is 0.228 e. The molecular formula is C17H20ClFN4O3S. The zero-order chi connectivity index (χ0) is 19.6. The average molecular weight is 415 g/mol. The molecule has 1 fully saturated rings. The Bertz CT molecular complexity index is 947. The summed E-state index contributed by atoms with van der Waals surface area (Å²) in [6, 6.07) is 4.14. The maximum Gasteiger partial charge on any atom is 0.228 e. The normalized spacial score (nSPS) is 18.4. The van der Waals surface area contributed by atoms with Gasteiger partial charge in [-0.05, 0) is 30.5 Å². The van der Waals surface area contributed by atoms with Crippen molar-refractivity contribution >= 4 is 33.2 Å². The van der Waals surface area contributed by atoms with Crippen molar-refractivity contribution in [1.82, 2.24) is 14.1 Å². The summed E-state index contributed by atoms with van der Waals surface area (Å²) in [7, 11) is -3.31. The Labute approximate surface area is 162 Å². The molecule has 1 aliphatic rings. The lowest BCUT2D eigenvalue weighted by molar-refractivity contribution is -0.120. The molecule has 0 spiro atoms. The van der Waals surface area contributed by atoms with E-state index in [1.165, 1.54) is 22.6 Å². The van der Waals surface area contributed by atoms with Gasteiger partial charge in [-0.1, -0.05) is 17.7 Å². The Kier molecular flexibility index (Phi) is 5.83. The molecule has 1 saturated heterocycles. The predicted molar refractivity (Wildman–Crippen MR) is 101 cm³/mol. The molecule has 1 aliphatic heterocycles. The number of aromatic nitrogens is 2. The first-order valence-corrected chi connectivity index (χ1v) is 10.7. The number of benzene rings is 1. The number of nitrogens with one attached hydrogen (secondary N) is 1. The molecule has 1 N–H and O–H groups in total. The Morgan fingerprint density at radius 2 is 2.22 bits per heavy atom. The highest BCUT2D eigenvalue weighted by atomic mass is 35.5. The highest BCUT2D eigenvalue weighted by molar-refractivity contribution is 7.88. The molecule has 2 aromatic rings. The van der Waals surface area contributed by atoms with Crippen LogP contribution in [0.1, 0.15) is 18.4 Å². The SMILES string of the molecule is CS(=O)(=O)N1CCC[C@H](C(=O)Nc2cnn(Cc3ccc(F)cc3Cl)c2)C1. The molecule has 10 heteroatoms. The summed E-state index contributed by atoms with van der Waals surface area (Å²) in [5.74, 6) is -1.04. The van der Waals surface area contributed by atoms with E-state index >= 15 is 0 Å². The van der Waals surface area contributed by atoms with E-state index in [4.69, 9.17) is 11.6 Å². The molecular weight excluding hydrogens is 395 g/mol. The Morgan fingerprint density at radius 3 is 2.93 bits per heavy atom. The lowest BCUT2D eigenvalue weighted by atomic mass is 9.99. The molecule has 0 unspecified atom stereocenters. The number of nitrogens with zero attached hydrogens (tertiary/aromatic N) is 3. The van der Waals surface area contributed by atoms with E-state index in [0.717, 1.165) is 6.26 Å². The van der Waals surface area contributed by atoms with Gasteiger partial charge in [-0.3, -0.25) is 9.48 Å². The number of carbonyl (C=O) groups excluding carboxylic acids is 1. The average Bonchev–Trinajstić information content (AvgIpc) is 3.04. The maximum atomic E-state index is 13.1. The number of piperidine rings is 1. The minimum Gasteiger partial charge on any atom is -0.323 e. The quantitative estimate of drug-likeness (QED) is 0.813. The summed E-state index contributed by atoms with van der Waals surface area (Å²) in [6.07, 6.45) is 5.59. The van der Waals surface area contributed by atoms with Crippen molar-refractivity contribution in [2.45, 2.75) is 19.4 Å². The largest absolute Gasteiger partial charge is 0.323 e. The summed E-state index contributed by atoms with van der Waals surface area (Å²) in [6.45, 7) is 0.962. The predicted octanol–water partition coefficient (Wildman–Crippen LogP) is 2.33. The minimum absolute atomic E-state index is 0.185. The number of hydrogen-bond acceptors (Lipinski definition) is 4. The molecule has 1 aromatic carbocycles. The van der Waals surface area contributed by atoms with Gasteiger partial charge < -0.3 is 5.32 Å². The van der Waals surface area contributed by atoms with Crippen LogP contribution in [0.3, 0.4) is 0 Å². The van der Waals surface area contributed by atoms with Crippen LogP contribution >= 0.6 is 11.6 Å². The van der Waals surface area contributed by atoms with Crippen LogP contribution in [0.15, 0.2) is 30.6 Å². The summed E-state index contributed by atoms with van der Waals surface area (Å²) in [5, 5.41) is 7.25. The van der Waals surface area contributed by atoms with Crippen molar-refractivity contribution in [2.75, 3.05) is 24.7 Å². The van der Waals surface area contributed by atoms with Crippen LogP contribution in [0, 0.1) is 11.7 Å². The van der Waals surface area contributed by atoms with E-state index in [2.05, 4.69) is 10.4 Å². The number of halogens is 2. The highest BCUT2D eigenvalue weighted by Gasteiger charge is 2.30. The summed E-state index contributed by atoms with van der Waals surface area (Å²) >= 11 is 6.02. The minimum atomic E-state index is -3.31. The first-order chi connectivity index (χ1) is 12.7. The van der Waals surface area contributed by atoms with Gasteiger partial charge in [0.15, 0.2) is 0 Å². The molecule has 27 heavy (non-hydrogen) atoms. The maximum absolute atomic E-state index is 13.1. The van der Waals surface area contributed by atoms with E-state index < -0.39 is 21.8 Å². The van der Waals surface area contributed by atoms with E-state index in [-0.39, 0.29) is 12.5 Å². The van der Waals surface area contributed by atoms with E-state index in [1.54, 1.807) is 16.9 Å². The Morgan fingerprint density at radius 1 is 1.44 bits per heavy atom. The molecule has 0 aliphatic carbocycles. The van der Waals surface area contributed by atoms with Crippen molar-refractivity contribution in [1.29, 1.82) is 0 Å². The number of sulfonamides is 1. The van der Waals surface area contributed by atoms with Crippen molar-refractivity contribution in [3.63, 3.8) is 0 Å². The van der Waals surface area contributed by atoms with Crippen molar-refractivity contribution in [3.05, 3.63) is 47.0 Å². The van der Waals surface area contributed by atoms with Crippen LogP contribution in [0.5, 0.6) is 0 Å². The molecule has 0 saturated carbocycles. The monoisotopic (exact) mass is 414 g/mol. The Balaban J connectivity index is 1.62. The van der Waals surface area contributed by atoms with Crippen molar-refractivity contribution < 1.29 is 17.6 Å². The van der Waals surface area contributed by atoms with Crippen LogP contribution < -0.4 is 5.32 Å². The third-order valence-electron chi connectivity index (χ3n) is 4.47. The molecule has 1 atom stereocenters. The molecule has 1 amide bonds. The fraction of sp³-hybridized carbons (Fsp3) is 0.412. The van der Waals surface area contributed by atoms with Crippen molar-refractivity contribution in [3.8, 4) is 0 Å². The molecule has 7 nitrogen and oxygen atoms in total. The highest BCUT2D eigenvalue weighted by Crippen LogP contribution is 2.21. The van der Waals surface area contributed by atoms with Crippen LogP contribution in [-0.2, 0) is 21.4 Å². The van der Waals surface area contributed by atoms with Crippen molar-refractivity contribution in [2.24, 2.45) is 5.92 Å². The lowest BCUT2D eigenvalue weighted by Gasteiger charge is -2.29. The van der Waals surface area contributed by atoms with Gasteiger partial charge in [0.1, 0.15) is 5.82 Å². The van der Waals surface area contributed by atoms with Gasteiger partial charge in [-0.25, -0.2) is 17.1 Å². The van der Waals surface area contributed by atoms with Gasteiger partial charge in [0.05, 0.1) is 30.6 Å². The number of amides is 1. The molecule has 1 aromatic heterocycles. The van der Waals surface area contributed by atoms with Crippen LogP contribution in [0.25, 0.3) is 0 Å². The number of hydrogen-bond donors (Lipinski definition) is 1. The second kappa shape index (κ2) is 7.95. The molecule has 0 bridgehead atoms. The first-order valence-electron chi connectivity index (χ1n) is 8.45.